The predicted molar refractivity (Wildman–Crippen MR) is 74.4 cm³/mol. The topological polar surface area (TPSA) is 45.5 Å². The Kier molecular flexibility index (Phi) is 3.08. The van der Waals surface area contributed by atoms with Gasteiger partial charge in [-0.1, -0.05) is 6.07 Å². The van der Waals surface area contributed by atoms with Gasteiger partial charge in [0.1, 0.15) is 11.8 Å². The molecule has 1 aliphatic rings. The monoisotopic (exact) mass is 294 g/mol. The van der Waals surface area contributed by atoms with Gasteiger partial charge >= 0.3 is 0 Å². The van der Waals surface area contributed by atoms with E-state index in [9.17, 15) is 4.79 Å². The zero-order valence-corrected chi connectivity index (χ0v) is 11.7. The van der Waals surface area contributed by atoms with Crippen molar-refractivity contribution in [1.82, 2.24) is 10.4 Å². The van der Waals surface area contributed by atoms with Crippen LogP contribution in [0, 0.1) is 0 Å². The fraction of sp³-hybridized carbons (Fsp3) is 0.154. The first-order valence-corrected chi connectivity index (χ1v) is 6.98. The number of rotatable bonds is 2. The Morgan fingerprint density at radius 1 is 1.47 bits per heavy atom. The minimum Gasteiger partial charge on any atom is -0.447 e. The Labute approximate surface area is 119 Å². The lowest BCUT2D eigenvalue weighted by Gasteiger charge is -2.21. The summed E-state index contributed by atoms with van der Waals surface area (Å²) in [7, 11) is 0. The molecule has 0 aromatic carbocycles. The number of furan rings is 1. The van der Waals surface area contributed by atoms with Crippen LogP contribution in [0.4, 0.5) is 0 Å². The van der Waals surface area contributed by atoms with Gasteiger partial charge in [-0.15, -0.1) is 11.3 Å². The fourth-order valence-electron chi connectivity index (χ4n) is 2.01. The second-order valence-electron chi connectivity index (χ2n) is 4.15. The van der Waals surface area contributed by atoms with Crippen molar-refractivity contribution in [3.05, 3.63) is 51.6 Å². The summed E-state index contributed by atoms with van der Waals surface area (Å²) in [6.07, 6.45) is 1.96. The van der Waals surface area contributed by atoms with Gasteiger partial charge in [0.05, 0.1) is 10.6 Å². The molecule has 1 aliphatic heterocycles. The third kappa shape index (κ3) is 2.27. The molecule has 3 heterocycles. The third-order valence-electron chi connectivity index (χ3n) is 2.85. The molecule has 0 saturated heterocycles. The van der Waals surface area contributed by atoms with Crippen molar-refractivity contribution in [2.24, 2.45) is 0 Å². The van der Waals surface area contributed by atoms with E-state index in [1.165, 1.54) is 11.9 Å². The first-order valence-electron chi connectivity index (χ1n) is 5.72. The summed E-state index contributed by atoms with van der Waals surface area (Å²) in [4.78, 5) is 12.8. The second-order valence-corrected chi connectivity index (χ2v) is 5.47. The number of thiophene rings is 1. The molecule has 1 N–H and O–H groups in total. The molecule has 0 radical (unpaired) electrons. The van der Waals surface area contributed by atoms with E-state index in [0.717, 1.165) is 10.6 Å². The highest BCUT2D eigenvalue weighted by Crippen LogP contribution is 2.34. The summed E-state index contributed by atoms with van der Waals surface area (Å²) in [6.45, 7) is 1.51. The number of hydrogen-bond donors (Lipinski definition) is 1. The normalized spacial score (nSPS) is 18.3. The van der Waals surface area contributed by atoms with Crippen LogP contribution < -0.4 is 5.43 Å². The summed E-state index contributed by atoms with van der Waals surface area (Å²) in [5.41, 5.74) is 4.01. The van der Waals surface area contributed by atoms with Crippen molar-refractivity contribution in [2.75, 3.05) is 0 Å². The lowest BCUT2D eigenvalue weighted by molar-refractivity contribution is -0.132. The highest BCUT2D eigenvalue weighted by molar-refractivity contribution is 7.11. The van der Waals surface area contributed by atoms with Crippen LogP contribution >= 0.6 is 22.9 Å². The fourth-order valence-corrected chi connectivity index (χ4v) is 2.86. The van der Waals surface area contributed by atoms with Crippen LogP contribution in [0.1, 0.15) is 23.6 Å². The lowest BCUT2D eigenvalue weighted by atomic mass is 10.2. The van der Waals surface area contributed by atoms with E-state index in [2.05, 4.69) is 5.43 Å². The Morgan fingerprint density at radius 3 is 2.89 bits per heavy atom. The molecule has 98 valence electrons. The Balaban J connectivity index is 1.97. The predicted octanol–water partition coefficient (Wildman–Crippen LogP) is 3.44. The van der Waals surface area contributed by atoms with E-state index in [-0.39, 0.29) is 11.9 Å². The van der Waals surface area contributed by atoms with Crippen LogP contribution in [0.3, 0.4) is 0 Å². The Hall–Kier alpha value is -1.72. The molecule has 0 unspecified atom stereocenters. The number of hydrogen-bond acceptors (Lipinski definition) is 4. The van der Waals surface area contributed by atoms with Gasteiger partial charge in [-0.05, 0) is 41.3 Å². The number of carbonyl (C=O) groups excluding carboxylic acids is 1. The van der Waals surface area contributed by atoms with Crippen molar-refractivity contribution in [2.45, 2.75) is 13.0 Å². The molecule has 4 nitrogen and oxygen atoms in total. The zero-order chi connectivity index (χ0) is 13.4. The van der Waals surface area contributed by atoms with Crippen molar-refractivity contribution in [3.8, 4) is 0 Å². The molecule has 19 heavy (non-hydrogen) atoms. The van der Waals surface area contributed by atoms with Crippen LogP contribution in [-0.4, -0.2) is 10.9 Å². The summed E-state index contributed by atoms with van der Waals surface area (Å²) in [6, 6.07) is 7.14. The Morgan fingerprint density at radius 2 is 2.32 bits per heavy atom. The van der Waals surface area contributed by atoms with Gasteiger partial charge in [0.2, 0.25) is 5.91 Å². The van der Waals surface area contributed by atoms with Gasteiger partial charge in [0.25, 0.3) is 0 Å². The molecule has 2 aromatic heterocycles. The minimum absolute atomic E-state index is 0.0830. The van der Waals surface area contributed by atoms with Gasteiger partial charge in [0.15, 0.2) is 5.22 Å². The Bertz CT molecular complexity index is 633. The maximum absolute atomic E-state index is 11.7. The number of amides is 1. The van der Waals surface area contributed by atoms with Gasteiger partial charge < -0.3 is 4.42 Å². The number of carbonyl (C=O) groups is 1. The first-order chi connectivity index (χ1) is 9.15. The molecule has 1 atom stereocenters. The summed E-state index contributed by atoms with van der Waals surface area (Å²) < 4.78 is 5.40. The molecule has 0 spiro atoms. The molecule has 3 rings (SSSR count). The van der Waals surface area contributed by atoms with Crippen molar-refractivity contribution in [1.29, 1.82) is 0 Å². The van der Waals surface area contributed by atoms with E-state index in [0.29, 0.717) is 11.0 Å². The second kappa shape index (κ2) is 4.75. The molecule has 0 fully saturated rings. The minimum atomic E-state index is -0.276. The third-order valence-corrected chi connectivity index (χ3v) is 3.96. The molecule has 0 saturated carbocycles. The van der Waals surface area contributed by atoms with Gasteiger partial charge in [-0.3, -0.25) is 10.2 Å². The number of nitrogens with zero attached hydrogens (tertiary/aromatic N) is 1. The van der Waals surface area contributed by atoms with Crippen molar-refractivity contribution in [3.63, 3.8) is 0 Å². The van der Waals surface area contributed by atoms with Crippen molar-refractivity contribution >= 4 is 34.5 Å². The van der Waals surface area contributed by atoms with E-state index in [1.807, 2.05) is 23.6 Å². The van der Waals surface area contributed by atoms with Crippen LogP contribution in [-0.2, 0) is 4.79 Å². The first kappa shape index (κ1) is 12.3. The molecular weight excluding hydrogens is 284 g/mol. The molecule has 0 bridgehead atoms. The number of halogens is 1. The highest BCUT2D eigenvalue weighted by Gasteiger charge is 2.31. The van der Waals surface area contributed by atoms with Crippen LogP contribution in [0.25, 0.3) is 5.70 Å². The molecular formula is C13H11ClN2O2S. The van der Waals surface area contributed by atoms with Crippen LogP contribution in [0.5, 0.6) is 0 Å². The summed E-state index contributed by atoms with van der Waals surface area (Å²) >= 11 is 7.40. The van der Waals surface area contributed by atoms with Gasteiger partial charge in [-0.25, -0.2) is 5.01 Å². The smallest absolute Gasteiger partial charge is 0.238 e. The summed E-state index contributed by atoms with van der Waals surface area (Å²) in [5.74, 6) is 0.555. The maximum Gasteiger partial charge on any atom is 0.238 e. The molecule has 2 aromatic rings. The summed E-state index contributed by atoms with van der Waals surface area (Å²) in [5, 5.41) is 3.84. The molecule has 1 amide bonds. The maximum atomic E-state index is 11.7. The molecule has 0 aliphatic carbocycles. The SMILES string of the molecule is CC(=O)N1NC(c2cccs2)=C[C@@H]1c1ccc(Cl)o1. The van der Waals surface area contributed by atoms with Crippen molar-refractivity contribution < 1.29 is 9.21 Å². The van der Waals surface area contributed by atoms with E-state index in [1.54, 1.807) is 23.5 Å². The van der Waals surface area contributed by atoms with Gasteiger partial charge in [-0.2, -0.15) is 0 Å². The number of hydrazine groups is 1. The zero-order valence-electron chi connectivity index (χ0n) is 10.1. The van der Waals surface area contributed by atoms with Gasteiger partial charge in [0, 0.05) is 6.92 Å². The van der Waals surface area contributed by atoms with E-state index in [4.69, 9.17) is 16.0 Å². The number of nitrogens with one attached hydrogen (secondary N) is 1. The average molecular weight is 295 g/mol. The lowest BCUT2D eigenvalue weighted by Crippen LogP contribution is -2.37. The quantitative estimate of drug-likeness (QED) is 0.923. The average Bonchev–Trinajstić information content (AvgIpc) is 3.07. The standard InChI is InChI=1S/C13H11ClN2O2S/c1-8(17)16-10(11-4-5-13(14)18-11)7-9(15-16)12-3-2-6-19-12/h2-7,10,15H,1H3/t10-/m1/s1. The largest absolute Gasteiger partial charge is 0.447 e. The molecule has 6 heteroatoms. The highest BCUT2D eigenvalue weighted by atomic mass is 35.5. The van der Waals surface area contributed by atoms with E-state index < -0.39 is 0 Å². The van der Waals surface area contributed by atoms with Crippen LogP contribution in [0.2, 0.25) is 5.22 Å². The van der Waals surface area contributed by atoms with Crippen LogP contribution in [0.15, 0.2) is 40.1 Å². The van der Waals surface area contributed by atoms with E-state index >= 15 is 0 Å².